The smallest absolute Gasteiger partial charge is 0.416 e. The minimum Gasteiger partial charge on any atom is -0.478 e. The maximum Gasteiger partial charge on any atom is 0.416 e. The zero-order valence-electron chi connectivity index (χ0n) is 15.7. The molecule has 0 bridgehead atoms. The molecule has 0 amide bonds. The van der Waals surface area contributed by atoms with Gasteiger partial charge in [-0.25, -0.2) is 9.78 Å². The van der Waals surface area contributed by atoms with Crippen LogP contribution < -0.4 is 4.90 Å². The molecule has 1 aromatic carbocycles. The van der Waals surface area contributed by atoms with Gasteiger partial charge in [-0.05, 0) is 60.2 Å². The first-order valence-electron chi connectivity index (χ1n) is 9.35. The molecule has 0 unspecified atom stereocenters. The van der Waals surface area contributed by atoms with Gasteiger partial charge in [0.25, 0.3) is 0 Å². The Hall–Kier alpha value is -3.09. The molecule has 0 aliphatic carbocycles. The minimum atomic E-state index is -4.41. The summed E-state index contributed by atoms with van der Waals surface area (Å²) in [6.45, 7) is 1.82. The Labute approximate surface area is 167 Å². The second-order valence-electron chi connectivity index (χ2n) is 6.80. The largest absolute Gasteiger partial charge is 0.478 e. The van der Waals surface area contributed by atoms with E-state index in [9.17, 15) is 18.0 Å². The maximum atomic E-state index is 12.9. The minimum absolute atomic E-state index is 0.559. The summed E-state index contributed by atoms with van der Waals surface area (Å²) in [4.78, 5) is 17.4. The Morgan fingerprint density at radius 2 is 1.72 bits per heavy atom. The summed E-state index contributed by atoms with van der Waals surface area (Å²) in [6.07, 6.45) is 4.57. The number of anilines is 1. The number of allylic oxidation sites excluding steroid dienone is 2. The van der Waals surface area contributed by atoms with Crippen LogP contribution in [0.5, 0.6) is 0 Å². The number of hydrogen-bond donors (Lipinski definition) is 1. The summed E-state index contributed by atoms with van der Waals surface area (Å²) in [5.74, 6) is -0.293. The monoisotopic (exact) mass is 402 g/mol. The van der Waals surface area contributed by atoms with E-state index < -0.39 is 17.7 Å². The third-order valence-electron chi connectivity index (χ3n) is 4.76. The van der Waals surface area contributed by atoms with Crippen molar-refractivity contribution in [2.75, 3.05) is 18.0 Å². The lowest BCUT2D eigenvalue weighted by atomic mass is 9.96. The van der Waals surface area contributed by atoms with E-state index in [1.165, 1.54) is 24.6 Å². The number of hydrogen-bond acceptors (Lipinski definition) is 3. The Kier molecular flexibility index (Phi) is 6.36. The highest BCUT2D eigenvalue weighted by Gasteiger charge is 2.30. The Bertz CT molecular complexity index is 912. The average Bonchev–Trinajstić information content (AvgIpc) is 2.71. The molecule has 152 valence electrons. The number of piperidine rings is 1. The van der Waals surface area contributed by atoms with Gasteiger partial charge in [-0.1, -0.05) is 24.3 Å². The molecule has 3 rings (SSSR count). The summed E-state index contributed by atoms with van der Waals surface area (Å²) >= 11 is 0. The summed E-state index contributed by atoms with van der Waals surface area (Å²) in [6, 6.07) is 8.50. The van der Waals surface area contributed by atoms with E-state index in [4.69, 9.17) is 5.11 Å². The van der Waals surface area contributed by atoms with E-state index in [1.54, 1.807) is 18.3 Å². The molecule has 0 atom stereocenters. The van der Waals surface area contributed by atoms with E-state index in [1.807, 2.05) is 6.07 Å². The molecule has 0 saturated carbocycles. The highest BCUT2D eigenvalue weighted by Crippen LogP contribution is 2.32. The number of pyridine rings is 1. The lowest BCUT2D eigenvalue weighted by Crippen LogP contribution is -2.30. The maximum absolute atomic E-state index is 12.9. The molecule has 29 heavy (non-hydrogen) atoms. The van der Waals surface area contributed by atoms with Gasteiger partial charge in [0.05, 0.1) is 5.56 Å². The number of rotatable bonds is 5. The molecule has 1 fully saturated rings. The number of benzene rings is 1. The second-order valence-corrected chi connectivity index (χ2v) is 6.80. The van der Waals surface area contributed by atoms with Gasteiger partial charge in [-0.3, -0.25) is 0 Å². The van der Waals surface area contributed by atoms with Crippen molar-refractivity contribution in [3.63, 3.8) is 0 Å². The number of aromatic nitrogens is 1. The molecule has 0 radical (unpaired) electrons. The fourth-order valence-corrected chi connectivity index (χ4v) is 3.31. The van der Waals surface area contributed by atoms with Crippen molar-refractivity contribution in [3.05, 3.63) is 77.5 Å². The highest BCUT2D eigenvalue weighted by atomic mass is 19.4. The number of halogens is 3. The van der Waals surface area contributed by atoms with Crippen molar-refractivity contribution in [2.24, 2.45) is 0 Å². The molecule has 1 saturated heterocycles. The molecule has 0 spiro atoms. The van der Waals surface area contributed by atoms with Crippen LogP contribution in [-0.4, -0.2) is 29.1 Å². The summed E-state index contributed by atoms with van der Waals surface area (Å²) in [5.41, 5.74) is 1.21. The third-order valence-corrected chi connectivity index (χ3v) is 4.76. The first kappa shape index (κ1) is 20.6. The number of carboxylic acid groups (broad SMARTS) is 1. The molecule has 1 aliphatic rings. The summed E-state index contributed by atoms with van der Waals surface area (Å²) in [5, 5.41) is 8.85. The third kappa shape index (κ3) is 5.47. The number of carbonyl (C=O) groups is 1. The van der Waals surface area contributed by atoms with Crippen molar-refractivity contribution in [3.8, 4) is 0 Å². The number of nitrogens with zero attached hydrogens (tertiary/aromatic N) is 2. The van der Waals surface area contributed by atoms with Crippen molar-refractivity contribution in [1.82, 2.24) is 4.98 Å². The van der Waals surface area contributed by atoms with Crippen LogP contribution in [0.4, 0.5) is 19.0 Å². The van der Waals surface area contributed by atoms with Gasteiger partial charge in [-0.15, -0.1) is 0 Å². The molecule has 1 N–H and O–H groups in total. The van der Waals surface area contributed by atoms with E-state index in [0.717, 1.165) is 55.5 Å². The molecular weight excluding hydrogens is 381 g/mol. The summed E-state index contributed by atoms with van der Waals surface area (Å²) < 4.78 is 38.7. The normalized spacial score (nSPS) is 15.7. The Morgan fingerprint density at radius 3 is 2.34 bits per heavy atom. The van der Waals surface area contributed by atoms with Crippen molar-refractivity contribution >= 4 is 17.4 Å². The average molecular weight is 402 g/mol. The zero-order chi connectivity index (χ0) is 20.9. The van der Waals surface area contributed by atoms with Crippen molar-refractivity contribution in [1.29, 1.82) is 0 Å². The van der Waals surface area contributed by atoms with Crippen LogP contribution in [0, 0.1) is 0 Å². The first-order valence-corrected chi connectivity index (χ1v) is 9.35. The molecule has 4 nitrogen and oxygen atoms in total. The van der Waals surface area contributed by atoms with Crippen LogP contribution in [-0.2, 0) is 11.0 Å². The molecule has 2 aromatic rings. The fourth-order valence-electron chi connectivity index (χ4n) is 3.31. The Balaban J connectivity index is 1.99. The summed E-state index contributed by atoms with van der Waals surface area (Å²) in [7, 11) is 0. The van der Waals surface area contributed by atoms with Gasteiger partial charge >= 0.3 is 12.1 Å². The number of alkyl halides is 3. The van der Waals surface area contributed by atoms with E-state index in [2.05, 4.69) is 9.88 Å². The fraction of sp³-hybridized carbons (Fsp3) is 0.273. The van der Waals surface area contributed by atoms with Crippen LogP contribution >= 0.6 is 0 Å². The van der Waals surface area contributed by atoms with Gasteiger partial charge < -0.3 is 10.0 Å². The van der Waals surface area contributed by atoms with Crippen LogP contribution in [0.25, 0.3) is 5.57 Å². The van der Waals surface area contributed by atoms with Crippen LogP contribution in [0.3, 0.4) is 0 Å². The van der Waals surface area contributed by atoms with E-state index in [-0.39, 0.29) is 0 Å². The van der Waals surface area contributed by atoms with Gasteiger partial charge in [0.1, 0.15) is 5.82 Å². The van der Waals surface area contributed by atoms with E-state index in [0.29, 0.717) is 11.1 Å². The van der Waals surface area contributed by atoms with Gasteiger partial charge in [0.2, 0.25) is 0 Å². The van der Waals surface area contributed by atoms with E-state index >= 15 is 0 Å². The predicted octanol–water partition coefficient (Wildman–Crippen LogP) is 5.16. The number of carboxylic acids is 1. The van der Waals surface area contributed by atoms with Crippen LogP contribution in [0.2, 0.25) is 0 Å². The van der Waals surface area contributed by atoms with Gasteiger partial charge in [-0.2, -0.15) is 13.2 Å². The zero-order valence-corrected chi connectivity index (χ0v) is 15.7. The number of aliphatic carboxylic acids is 1. The predicted molar refractivity (Wildman–Crippen MR) is 106 cm³/mol. The SMILES string of the molecule is O=C(O)C=CC=C(c1ccc(C(F)(F)F)cc1)c1ccnc(N2CCCCC2)c1. The quantitative estimate of drug-likeness (QED) is 0.554. The highest BCUT2D eigenvalue weighted by molar-refractivity contribution is 5.84. The topological polar surface area (TPSA) is 53.4 Å². The second kappa shape index (κ2) is 8.94. The molecular formula is C22H21F3N2O2. The van der Waals surface area contributed by atoms with Crippen LogP contribution in [0.15, 0.2) is 60.8 Å². The van der Waals surface area contributed by atoms with Crippen LogP contribution in [0.1, 0.15) is 36.0 Å². The molecule has 1 aromatic heterocycles. The lowest BCUT2D eigenvalue weighted by Gasteiger charge is -2.28. The first-order chi connectivity index (χ1) is 13.8. The van der Waals surface area contributed by atoms with Gasteiger partial charge in [0, 0.05) is 25.4 Å². The van der Waals surface area contributed by atoms with Gasteiger partial charge in [0.15, 0.2) is 0 Å². The standard InChI is InChI=1S/C22H21F3N2O2/c23-22(24,25)18-9-7-16(8-10-18)19(5-4-6-21(28)29)17-11-12-26-20(15-17)27-13-2-1-3-14-27/h4-12,15H,1-3,13-14H2,(H,28,29). The van der Waals surface area contributed by atoms with Crippen molar-refractivity contribution in [2.45, 2.75) is 25.4 Å². The van der Waals surface area contributed by atoms with Crippen molar-refractivity contribution < 1.29 is 23.1 Å². The Morgan fingerprint density at radius 1 is 1.03 bits per heavy atom. The molecule has 1 aliphatic heterocycles. The lowest BCUT2D eigenvalue weighted by molar-refractivity contribution is -0.137. The molecule has 2 heterocycles. The molecule has 7 heteroatoms.